The van der Waals surface area contributed by atoms with E-state index in [4.69, 9.17) is 5.73 Å². The second-order valence-corrected chi connectivity index (χ2v) is 9.29. The molecule has 3 N–H and O–H groups in total. The molecule has 0 saturated heterocycles. The summed E-state index contributed by atoms with van der Waals surface area (Å²) in [4.78, 5) is 4.81. The van der Waals surface area contributed by atoms with Gasteiger partial charge in [-0.15, -0.1) is 0 Å². The lowest BCUT2D eigenvalue weighted by Crippen LogP contribution is -2.28. The molecule has 4 rings (SSSR count). The minimum absolute atomic E-state index is 0.137. The van der Waals surface area contributed by atoms with E-state index in [0.29, 0.717) is 17.0 Å². The van der Waals surface area contributed by atoms with Gasteiger partial charge in [0.15, 0.2) is 9.84 Å². The Bertz CT molecular complexity index is 1110. The van der Waals surface area contributed by atoms with E-state index in [0.717, 1.165) is 27.7 Å². The third kappa shape index (κ3) is 2.61. The Balaban J connectivity index is 1.93. The molecule has 134 valence electrons. The minimum Gasteiger partial charge on any atom is -0.396 e. The number of pyridine rings is 1. The second-order valence-electron chi connectivity index (χ2n) is 7.21. The summed E-state index contributed by atoms with van der Waals surface area (Å²) < 4.78 is 24.7. The summed E-state index contributed by atoms with van der Waals surface area (Å²) in [5.74, 6) is 0.137. The van der Waals surface area contributed by atoms with E-state index in [1.54, 1.807) is 18.3 Å². The first-order valence-electron chi connectivity index (χ1n) is 8.56. The summed E-state index contributed by atoms with van der Waals surface area (Å²) in [5.41, 5.74) is 9.82. The van der Waals surface area contributed by atoms with E-state index in [2.05, 4.69) is 36.3 Å². The molecule has 0 fully saturated rings. The lowest BCUT2D eigenvalue weighted by molar-refractivity contribution is 0.600. The van der Waals surface area contributed by atoms with Crippen molar-refractivity contribution in [1.82, 2.24) is 4.98 Å². The first-order valence-corrected chi connectivity index (χ1v) is 10.2. The SMILES string of the molecule is CC(C)(Nc1c(N)cnc2ccc3c(c12)CCS3(=O)=O)c1ccccc1. The van der Waals surface area contributed by atoms with Gasteiger partial charge in [0, 0.05) is 5.39 Å². The Morgan fingerprint density at radius 3 is 2.58 bits per heavy atom. The molecule has 6 heteroatoms. The van der Waals surface area contributed by atoms with Crippen LogP contribution < -0.4 is 11.1 Å². The van der Waals surface area contributed by atoms with E-state index in [-0.39, 0.29) is 11.3 Å². The third-order valence-corrected chi connectivity index (χ3v) is 6.81. The van der Waals surface area contributed by atoms with Gasteiger partial charge in [0.25, 0.3) is 0 Å². The summed E-state index contributed by atoms with van der Waals surface area (Å²) in [6.45, 7) is 4.15. The number of sulfone groups is 1. The van der Waals surface area contributed by atoms with Crippen molar-refractivity contribution >= 4 is 32.1 Å². The number of hydrogen-bond donors (Lipinski definition) is 2. The van der Waals surface area contributed by atoms with E-state index in [9.17, 15) is 8.42 Å². The highest BCUT2D eigenvalue weighted by molar-refractivity contribution is 7.91. The molecule has 1 aliphatic rings. The number of nitrogens with zero attached hydrogens (tertiary/aromatic N) is 1. The van der Waals surface area contributed by atoms with Gasteiger partial charge in [0.1, 0.15) is 0 Å². The number of nitrogens with one attached hydrogen (secondary N) is 1. The maximum absolute atomic E-state index is 12.3. The topological polar surface area (TPSA) is 85.1 Å². The Kier molecular flexibility index (Phi) is 3.70. The van der Waals surface area contributed by atoms with E-state index in [1.165, 1.54) is 0 Å². The van der Waals surface area contributed by atoms with Crippen LogP contribution in [0.15, 0.2) is 53.6 Å². The first-order chi connectivity index (χ1) is 12.3. The molecular formula is C20H21N3O2S. The van der Waals surface area contributed by atoms with Crippen molar-refractivity contribution in [3.63, 3.8) is 0 Å². The van der Waals surface area contributed by atoms with Crippen molar-refractivity contribution in [1.29, 1.82) is 0 Å². The van der Waals surface area contributed by atoms with Gasteiger partial charge in [-0.3, -0.25) is 4.98 Å². The van der Waals surface area contributed by atoms with Gasteiger partial charge in [-0.05, 0) is 43.5 Å². The monoisotopic (exact) mass is 367 g/mol. The molecule has 0 atom stereocenters. The predicted octanol–water partition coefficient (Wildman–Crippen LogP) is 3.49. The zero-order valence-corrected chi connectivity index (χ0v) is 15.6. The summed E-state index contributed by atoms with van der Waals surface area (Å²) in [5, 5.41) is 4.36. The third-order valence-electron chi connectivity index (χ3n) is 5.02. The normalized spacial score (nSPS) is 15.8. The van der Waals surface area contributed by atoms with Gasteiger partial charge in [0.2, 0.25) is 0 Å². The van der Waals surface area contributed by atoms with Crippen LogP contribution in [0, 0.1) is 0 Å². The standard InChI is InChI=1S/C20H21N3O2S/c1-20(2,13-6-4-3-5-7-13)23-19-15(21)12-22-16-8-9-17-14(18(16)19)10-11-26(17,24)25/h3-9,12H,10-11,21H2,1-2H3,(H,22,23). The second kappa shape index (κ2) is 5.71. The van der Waals surface area contributed by atoms with E-state index < -0.39 is 9.84 Å². The molecule has 1 aromatic heterocycles. The summed E-state index contributed by atoms with van der Waals surface area (Å²) in [7, 11) is -3.22. The average Bonchev–Trinajstić information content (AvgIpc) is 2.93. The van der Waals surface area contributed by atoms with Crippen LogP contribution in [-0.4, -0.2) is 19.2 Å². The fourth-order valence-electron chi connectivity index (χ4n) is 3.61. The largest absolute Gasteiger partial charge is 0.396 e. The maximum Gasteiger partial charge on any atom is 0.179 e. The van der Waals surface area contributed by atoms with E-state index >= 15 is 0 Å². The smallest absolute Gasteiger partial charge is 0.179 e. The molecule has 2 heterocycles. The quantitative estimate of drug-likeness (QED) is 0.740. The minimum atomic E-state index is -3.22. The van der Waals surface area contributed by atoms with Gasteiger partial charge >= 0.3 is 0 Å². The van der Waals surface area contributed by atoms with Crippen LogP contribution in [0.4, 0.5) is 11.4 Å². The number of fused-ring (bicyclic) bond motifs is 3. The van der Waals surface area contributed by atoms with Crippen LogP contribution >= 0.6 is 0 Å². The van der Waals surface area contributed by atoms with Crippen LogP contribution in [0.25, 0.3) is 10.9 Å². The van der Waals surface area contributed by atoms with Crippen molar-refractivity contribution < 1.29 is 8.42 Å². The maximum atomic E-state index is 12.3. The molecule has 5 nitrogen and oxygen atoms in total. The number of rotatable bonds is 3. The first kappa shape index (κ1) is 16.8. The highest BCUT2D eigenvalue weighted by atomic mass is 32.2. The van der Waals surface area contributed by atoms with Gasteiger partial charge in [-0.25, -0.2) is 8.42 Å². The number of nitrogen functional groups attached to an aromatic ring is 1. The molecule has 0 aliphatic carbocycles. The molecule has 1 aliphatic heterocycles. The zero-order valence-electron chi connectivity index (χ0n) is 14.8. The Morgan fingerprint density at radius 2 is 1.85 bits per heavy atom. The van der Waals surface area contributed by atoms with E-state index in [1.807, 2.05) is 18.2 Å². The van der Waals surface area contributed by atoms with Crippen LogP contribution in [0.5, 0.6) is 0 Å². The highest BCUT2D eigenvalue weighted by Gasteiger charge is 2.30. The van der Waals surface area contributed by atoms with Crippen LogP contribution in [0.1, 0.15) is 25.0 Å². The van der Waals surface area contributed by atoms with Gasteiger partial charge in [-0.2, -0.15) is 0 Å². The fraction of sp³-hybridized carbons (Fsp3) is 0.250. The summed E-state index contributed by atoms with van der Waals surface area (Å²) >= 11 is 0. The molecule has 0 radical (unpaired) electrons. The molecule has 0 saturated carbocycles. The van der Waals surface area contributed by atoms with Gasteiger partial charge < -0.3 is 11.1 Å². The molecule has 0 unspecified atom stereocenters. The van der Waals surface area contributed by atoms with Gasteiger partial charge in [-0.1, -0.05) is 30.3 Å². The Hall–Kier alpha value is -2.60. The molecule has 3 aromatic rings. The zero-order chi connectivity index (χ0) is 18.5. The Labute approximate surface area is 153 Å². The average molecular weight is 367 g/mol. The number of aryl methyl sites for hydroxylation is 1. The van der Waals surface area contributed by atoms with Crippen molar-refractivity contribution in [2.24, 2.45) is 0 Å². The van der Waals surface area contributed by atoms with Crippen molar-refractivity contribution in [3.8, 4) is 0 Å². The van der Waals surface area contributed by atoms with Crippen molar-refractivity contribution in [3.05, 3.63) is 59.8 Å². The van der Waals surface area contributed by atoms with Crippen LogP contribution in [-0.2, 0) is 21.8 Å². The number of aromatic nitrogens is 1. The molecule has 0 amide bonds. The highest BCUT2D eigenvalue weighted by Crippen LogP contribution is 2.40. The molecule has 26 heavy (non-hydrogen) atoms. The molecule has 0 spiro atoms. The number of anilines is 2. The van der Waals surface area contributed by atoms with Gasteiger partial charge in [0.05, 0.1) is 39.3 Å². The lowest BCUT2D eigenvalue weighted by Gasteiger charge is -2.30. The number of benzene rings is 2. The van der Waals surface area contributed by atoms with Crippen molar-refractivity contribution in [2.75, 3.05) is 16.8 Å². The molecule has 2 aromatic carbocycles. The summed E-state index contributed by atoms with van der Waals surface area (Å²) in [6, 6.07) is 13.5. The van der Waals surface area contributed by atoms with Crippen LogP contribution in [0.3, 0.4) is 0 Å². The summed E-state index contributed by atoms with van der Waals surface area (Å²) in [6.07, 6.45) is 2.11. The van der Waals surface area contributed by atoms with Crippen molar-refractivity contribution in [2.45, 2.75) is 30.7 Å². The Morgan fingerprint density at radius 1 is 1.12 bits per heavy atom. The van der Waals surface area contributed by atoms with Crippen LogP contribution in [0.2, 0.25) is 0 Å². The fourth-order valence-corrected chi connectivity index (χ4v) is 5.16. The number of hydrogen-bond acceptors (Lipinski definition) is 5. The molecule has 0 bridgehead atoms. The lowest BCUT2D eigenvalue weighted by atomic mass is 9.93. The predicted molar refractivity (Wildman–Crippen MR) is 105 cm³/mol. The molecular weight excluding hydrogens is 346 g/mol. The number of nitrogens with two attached hydrogens (primary N) is 1.